The number of hydrogen-bond acceptors (Lipinski definition) is 5. The number of rotatable bonds is 13. The first-order chi connectivity index (χ1) is 15.7. The Balaban J connectivity index is 2.41. The lowest BCUT2D eigenvalue weighted by molar-refractivity contribution is -0.119. The van der Waals surface area contributed by atoms with Crippen LogP contribution in [-0.2, 0) is 9.59 Å². The molecule has 0 bridgehead atoms. The van der Waals surface area contributed by atoms with Gasteiger partial charge in [0.25, 0.3) is 5.91 Å². The van der Waals surface area contributed by atoms with Crippen LogP contribution in [0.1, 0.15) is 85.4 Å². The maximum absolute atomic E-state index is 12.7. The SMILES string of the molecule is CCCC(=N)C1=C(C)C(=O)NC(c2cc(BC(CC(C)=O)C(CC)CC)ccc2OCC)N1. The fraction of sp³-hybridized carbons (Fsp3) is 0.577. The van der Waals surface area contributed by atoms with Gasteiger partial charge in [0.05, 0.1) is 18.0 Å². The van der Waals surface area contributed by atoms with Crippen LogP contribution in [-0.4, -0.2) is 31.3 Å². The average Bonchev–Trinajstić information content (AvgIpc) is 2.77. The number of carbonyl (C=O) groups is 2. The molecule has 0 fully saturated rings. The molecule has 0 aromatic heterocycles. The Labute approximate surface area is 199 Å². The fourth-order valence-electron chi connectivity index (χ4n) is 4.76. The molecule has 33 heavy (non-hydrogen) atoms. The molecule has 0 saturated carbocycles. The summed E-state index contributed by atoms with van der Waals surface area (Å²) in [6, 6.07) is 6.11. The van der Waals surface area contributed by atoms with Crippen LogP contribution in [0.5, 0.6) is 5.75 Å². The van der Waals surface area contributed by atoms with Gasteiger partial charge in [0.1, 0.15) is 17.7 Å². The van der Waals surface area contributed by atoms with E-state index in [2.05, 4.69) is 36.6 Å². The Hall–Kier alpha value is -2.57. The van der Waals surface area contributed by atoms with Crippen molar-refractivity contribution < 1.29 is 14.3 Å². The van der Waals surface area contributed by atoms with Crippen molar-refractivity contribution in [2.75, 3.05) is 6.61 Å². The molecule has 180 valence electrons. The molecule has 2 unspecified atom stereocenters. The molecule has 7 heteroatoms. The van der Waals surface area contributed by atoms with Gasteiger partial charge in [0.15, 0.2) is 7.28 Å². The summed E-state index contributed by atoms with van der Waals surface area (Å²) in [6.07, 6.45) is 3.65. The van der Waals surface area contributed by atoms with Crippen LogP contribution in [0.3, 0.4) is 0 Å². The highest BCUT2D eigenvalue weighted by atomic mass is 16.5. The maximum Gasteiger partial charge on any atom is 0.250 e. The van der Waals surface area contributed by atoms with Gasteiger partial charge in [0, 0.05) is 17.6 Å². The van der Waals surface area contributed by atoms with Crippen molar-refractivity contribution in [1.29, 1.82) is 5.41 Å². The van der Waals surface area contributed by atoms with Gasteiger partial charge >= 0.3 is 0 Å². The molecular formula is C26H40BN3O3. The molecule has 0 saturated heterocycles. The number of amides is 1. The van der Waals surface area contributed by atoms with Crippen LogP contribution in [0, 0.1) is 11.3 Å². The van der Waals surface area contributed by atoms with Gasteiger partial charge < -0.3 is 25.6 Å². The van der Waals surface area contributed by atoms with Crippen LogP contribution >= 0.6 is 0 Å². The summed E-state index contributed by atoms with van der Waals surface area (Å²) in [7, 11) is 0.805. The largest absolute Gasteiger partial charge is 0.493 e. The highest BCUT2D eigenvalue weighted by molar-refractivity contribution is 6.55. The average molecular weight is 453 g/mol. The summed E-state index contributed by atoms with van der Waals surface area (Å²) < 4.78 is 5.89. The third-order valence-electron chi connectivity index (χ3n) is 6.53. The Morgan fingerprint density at radius 3 is 2.45 bits per heavy atom. The second-order valence-electron chi connectivity index (χ2n) is 9.03. The molecule has 1 aliphatic heterocycles. The van der Waals surface area contributed by atoms with E-state index in [1.54, 1.807) is 13.8 Å². The van der Waals surface area contributed by atoms with Gasteiger partial charge in [-0.25, -0.2) is 0 Å². The Morgan fingerprint density at radius 1 is 1.18 bits per heavy atom. The minimum atomic E-state index is -0.477. The van der Waals surface area contributed by atoms with Crippen LogP contribution in [0.4, 0.5) is 0 Å². The number of ketones is 1. The third-order valence-corrected chi connectivity index (χ3v) is 6.53. The zero-order valence-corrected chi connectivity index (χ0v) is 21.1. The Bertz CT molecular complexity index is 893. The zero-order valence-electron chi connectivity index (χ0n) is 21.1. The Morgan fingerprint density at radius 2 is 1.88 bits per heavy atom. The molecule has 2 atom stereocenters. The molecule has 6 nitrogen and oxygen atoms in total. The van der Waals surface area contributed by atoms with Gasteiger partial charge in [-0.05, 0) is 39.2 Å². The van der Waals surface area contributed by atoms with E-state index in [4.69, 9.17) is 10.1 Å². The molecule has 3 N–H and O–H groups in total. The Kier molecular flexibility index (Phi) is 10.2. The van der Waals surface area contributed by atoms with Gasteiger partial charge in [-0.2, -0.15) is 0 Å². The number of Topliss-reactive ketones (excluding diaryl/α,β-unsaturated/α-hetero) is 1. The first-order valence-corrected chi connectivity index (χ1v) is 12.4. The molecule has 2 rings (SSSR count). The van der Waals surface area contributed by atoms with Gasteiger partial charge in [-0.1, -0.05) is 63.4 Å². The van der Waals surface area contributed by atoms with Gasteiger partial charge in [0.2, 0.25) is 0 Å². The van der Waals surface area contributed by atoms with Crippen LogP contribution in [0.25, 0.3) is 0 Å². The van der Waals surface area contributed by atoms with Crippen molar-refractivity contribution in [3.8, 4) is 5.75 Å². The molecule has 1 amide bonds. The van der Waals surface area contributed by atoms with E-state index in [9.17, 15) is 9.59 Å². The van der Waals surface area contributed by atoms with Gasteiger partial charge in [-0.3, -0.25) is 4.79 Å². The number of carbonyl (C=O) groups excluding carboxylic acids is 2. The predicted octanol–water partition coefficient (Wildman–Crippen LogP) is 4.16. The first kappa shape index (κ1) is 26.7. The maximum atomic E-state index is 12.7. The van der Waals surface area contributed by atoms with Crippen molar-refractivity contribution in [2.45, 2.75) is 85.6 Å². The van der Waals surface area contributed by atoms with Crippen molar-refractivity contribution in [1.82, 2.24) is 10.6 Å². The van der Waals surface area contributed by atoms with Crippen molar-refractivity contribution >= 4 is 30.1 Å². The lowest BCUT2D eigenvalue weighted by Gasteiger charge is -2.31. The minimum Gasteiger partial charge on any atom is -0.493 e. The topological polar surface area (TPSA) is 91.3 Å². The van der Waals surface area contributed by atoms with Gasteiger partial charge in [-0.15, -0.1) is 0 Å². The van der Waals surface area contributed by atoms with Crippen LogP contribution < -0.4 is 20.8 Å². The number of hydrogen-bond donors (Lipinski definition) is 3. The van der Waals surface area contributed by atoms with Crippen LogP contribution in [0.15, 0.2) is 29.5 Å². The molecule has 0 radical (unpaired) electrons. The number of allylic oxidation sites excluding steroid dienone is 1. The highest BCUT2D eigenvalue weighted by Gasteiger charge is 2.29. The quantitative estimate of drug-likeness (QED) is 0.309. The molecular weight excluding hydrogens is 413 g/mol. The van der Waals surface area contributed by atoms with E-state index in [0.717, 1.165) is 37.6 Å². The summed E-state index contributed by atoms with van der Waals surface area (Å²) >= 11 is 0. The lowest BCUT2D eigenvalue weighted by Crippen LogP contribution is -2.46. The monoisotopic (exact) mass is 453 g/mol. The standard InChI is InChI=1S/C26H40BN3O3/c1-7-11-22(28)24-17(6)26(32)30-25(29-24)20-15-19(12-13-23(20)33-10-4)27-21(14-16(5)31)18(8-2)9-3/h12-13,15,18,21,25,27-29H,7-11,14H2,1-6H3,(H,30,32). The lowest BCUT2D eigenvalue weighted by atomic mass is 9.52. The summed E-state index contributed by atoms with van der Waals surface area (Å²) in [4.78, 5) is 24.7. The summed E-state index contributed by atoms with van der Waals surface area (Å²) in [5.74, 6) is 1.54. The fourth-order valence-corrected chi connectivity index (χ4v) is 4.76. The van der Waals surface area contributed by atoms with E-state index in [1.165, 1.54) is 0 Å². The van der Waals surface area contributed by atoms with Crippen molar-refractivity contribution in [3.05, 3.63) is 35.0 Å². The first-order valence-electron chi connectivity index (χ1n) is 12.4. The summed E-state index contributed by atoms with van der Waals surface area (Å²) in [5.41, 5.74) is 3.56. The second-order valence-corrected chi connectivity index (χ2v) is 9.03. The molecule has 1 heterocycles. The van der Waals surface area contributed by atoms with E-state index < -0.39 is 6.17 Å². The summed E-state index contributed by atoms with van der Waals surface area (Å²) in [5, 5.41) is 14.8. The summed E-state index contributed by atoms with van der Waals surface area (Å²) in [6.45, 7) is 12.3. The van der Waals surface area contributed by atoms with E-state index in [0.29, 0.717) is 48.1 Å². The van der Waals surface area contributed by atoms with Crippen molar-refractivity contribution in [2.24, 2.45) is 5.92 Å². The molecule has 0 spiro atoms. The van der Waals surface area contributed by atoms with E-state index in [-0.39, 0.29) is 17.5 Å². The molecule has 1 aromatic rings. The highest BCUT2D eigenvalue weighted by Crippen LogP contribution is 2.30. The third kappa shape index (κ3) is 6.96. The molecule has 0 aliphatic carbocycles. The molecule has 1 aromatic carbocycles. The van der Waals surface area contributed by atoms with Crippen LogP contribution in [0.2, 0.25) is 5.82 Å². The number of ether oxygens (including phenoxy) is 1. The number of nitrogens with one attached hydrogen (secondary N) is 3. The molecule has 1 aliphatic rings. The van der Waals surface area contributed by atoms with E-state index in [1.807, 2.05) is 19.9 Å². The predicted molar refractivity (Wildman–Crippen MR) is 137 cm³/mol. The minimum absolute atomic E-state index is 0.172. The smallest absolute Gasteiger partial charge is 0.250 e. The second kappa shape index (κ2) is 12.6. The number of benzene rings is 1. The normalized spacial score (nSPS) is 16.8. The zero-order chi connectivity index (χ0) is 24.5. The van der Waals surface area contributed by atoms with Crippen molar-refractivity contribution in [3.63, 3.8) is 0 Å². The van der Waals surface area contributed by atoms with E-state index >= 15 is 0 Å².